The number of hydrogen-bond donors (Lipinski definition) is 1. The lowest BCUT2D eigenvalue weighted by molar-refractivity contribution is 0.0562. The molecule has 2 rings (SSSR count). The number of furan rings is 1. The summed E-state index contributed by atoms with van der Waals surface area (Å²) < 4.78 is 4.92. The SMILES string of the molecule is O=C(c1ccoc1)N(CCCO)C1CCC1. The summed E-state index contributed by atoms with van der Waals surface area (Å²) in [6.07, 6.45) is 6.98. The minimum absolute atomic E-state index is 0.0203. The fourth-order valence-electron chi connectivity index (χ4n) is 1.94. The zero-order chi connectivity index (χ0) is 11.4. The summed E-state index contributed by atoms with van der Waals surface area (Å²) in [5, 5.41) is 8.84. The Morgan fingerprint density at radius 2 is 2.38 bits per heavy atom. The molecule has 0 atom stereocenters. The molecule has 88 valence electrons. The monoisotopic (exact) mass is 223 g/mol. The zero-order valence-corrected chi connectivity index (χ0v) is 9.26. The highest BCUT2D eigenvalue weighted by molar-refractivity contribution is 5.94. The van der Waals surface area contributed by atoms with Crippen LogP contribution in [0.15, 0.2) is 23.0 Å². The van der Waals surface area contributed by atoms with E-state index in [1.165, 1.54) is 18.9 Å². The molecule has 1 aromatic rings. The van der Waals surface area contributed by atoms with Gasteiger partial charge < -0.3 is 14.4 Å². The third-order valence-electron chi connectivity index (χ3n) is 3.10. The fourth-order valence-corrected chi connectivity index (χ4v) is 1.94. The largest absolute Gasteiger partial charge is 0.472 e. The molecule has 1 fully saturated rings. The molecule has 0 radical (unpaired) electrons. The third kappa shape index (κ3) is 2.27. The van der Waals surface area contributed by atoms with Crippen molar-refractivity contribution in [3.05, 3.63) is 24.2 Å². The number of nitrogens with zero attached hydrogens (tertiary/aromatic N) is 1. The highest BCUT2D eigenvalue weighted by Crippen LogP contribution is 2.26. The van der Waals surface area contributed by atoms with Gasteiger partial charge in [-0.05, 0) is 31.7 Å². The van der Waals surface area contributed by atoms with Gasteiger partial charge in [0, 0.05) is 19.2 Å². The standard InChI is InChI=1S/C12H17NO3/c14-7-2-6-13(11-3-1-4-11)12(15)10-5-8-16-9-10/h5,8-9,11,14H,1-4,6-7H2. The van der Waals surface area contributed by atoms with Crippen molar-refractivity contribution < 1.29 is 14.3 Å². The molecular weight excluding hydrogens is 206 g/mol. The Hall–Kier alpha value is -1.29. The lowest BCUT2D eigenvalue weighted by Crippen LogP contribution is -2.44. The van der Waals surface area contributed by atoms with E-state index in [-0.39, 0.29) is 12.5 Å². The summed E-state index contributed by atoms with van der Waals surface area (Å²) in [5.41, 5.74) is 0.602. The average Bonchev–Trinajstić information content (AvgIpc) is 2.73. The first-order valence-electron chi connectivity index (χ1n) is 5.77. The summed E-state index contributed by atoms with van der Waals surface area (Å²) in [4.78, 5) is 14.0. The Kier molecular flexibility index (Phi) is 3.62. The normalized spacial score (nSPS) is 15.8. The van der Waals surface area contributed by atoms with E-state index in [4.69, 9.17) is 9.52 Å². The molecule has 1 aromatic heterocycles. The van der Waals surface area contributed by atoms with Crippen LogP contribution in [0, 0.1) is 0 Å². The molecule has 0 saturated heterocycles. The van der Waals surface area contributed by atoms with Crippen LogP contribution in [0.25, 0.3) is 0 Å². The van der Waals surface area contributed by atoms with Gasteiger partial charge in [0.2, 0.25) is 0 Å². The maximum absolute atomic E-state index is 12.1. The van der Waals surface area contributed by atoms with E-state index in [0.29, 0.717) is 24.6 Å². The minimum Gasteiger partial charge on any atom is -0.472 e. The Bertz CT molecular complexity index is 330. The second-order valence-corrected chi connectivity index (χ2v) is 4.17. The molecule has 0 aromatic carbocycles. The summed E-state index contributed by atoms with van der Waals surface area (Å²) in [7, 11) is 0. The topological polar surface area (TPSA) is 53.7 Å². The first-order chi connectivity index (χ1) is 7.83. The molecule has 0 bridgehead atoms. The molecule has 4 heteroatoms. The predicted octanol–water partition coefficient (Wildman–Crippen LogP) is 1.66. The highest BCUT2D eigenvalue weighted by Gasteiger charge is 2.29. The van der Waals surface area contributed by atoms with E-state index >= 15 is 0 Å². The first-order valence-corrected chi connectivity index (χ1v) is 5.77. The number of carbonyl (C=O) groups is 1. The van der Waals surface area contributed by atoms with Crippen molar-refractivity contribution >= 4 is 5.91 Å². The number of amides is 1. The average molecular weight is 223 g/mol. The van der Waals surface area contributed by atoms with Crippen LogP contribution in [-0.4, -0.2) is 35.1 Å². The molecule has 1 aliphatic carbocycles. The van der Waals surface area contributed by atoms with Crippen molar-refractivity contribution in [2.75, 3.05) is 13.2 Å². The molecule has 4 nitrogen and oxygen atoms in total. The summed E-state index contributed by atoms with van der Waals surface area (Å²) >= 11 is 0. The van der Waals surface area contributed by atoms with Gasteiger partial charge in [-0.25, -0.2) is 0 Å². The Morgan fingerprint density at radius 3 is 2.88 bits per heavy atom. The lowest BCUT2D eigenvalue weighted by Gasteiger charge is -2.37. The predicted molar refractivity (Wildman–Crippen MR) is 59.1 cm³/mol. The van der Waals surface area contributed by atoms with Gasteiger partial charge in [0.15, 0.2) is 0 Å². The van der Waals surface area contributed by atoms with Gasteiger partial charge in [-0.3, -0.25) is 4.79 Å². The van der Waals surface area contributed by atoms with Crippen LogP contribution in [0.1, 0.15) is 36.0 Å². The fraction of sp³-hybridized carbons (Fsp3) is 0.583. The summed E-state index contributed by atoms with van der Waals surface area (Å²) in [5.74, 6) is 0.0203. The van der Waals surface area contributed by atoms with Crippen LogP contribution < -0.4 is 0 Å². The molecule has 1 amide bonds. The van der Waals surface area contributed by atoms with Crippen LogP contribution in [0.3, 0.4) is 0 Å². The van der Waals surface area contributed by atoms with Crippen LogP contribution in [0.2, 0.25) is 0 Å². The van der Waals surface area contributed by atoms with Gasteiger partial charge >= 0.3 is 0 Å². The molecule has 1 heterocycles. The van der Waals surface area contributed by atoms with Gasteiger partial charge in [0.05, 0.1) is 11.8 Å². The molecule has 1 N–H and O–H groups in total. The first kappa shape index (κ1) is 11.2. The van der Waals surface area contributed by atoms with E-state index < -0.39 is 0 Å². The zero-order valence-electron chi connectivity index (χ0n) is 9.26. The second-order valence-electron chi connectivity index (χ2n) is 4.17. The maximum atomic E-state index is 12.1. The van der Waals surface area contributed by atoms with Crippen molar-refractivity contribution in [1.82, 2.24) is 4.90 Å². The van der Waals surface area contributed by atoms with Crippen molar-refractivity contribution in [3.63, 3.8) is 0 Å². The third-order valence-corrected chi connectivity index (χ3v) is 3.10. The van der Waals surface area contributed by atoms with Crippen molar-refractivity contribution in [2.45, 2.75) is 31.7 Å². The molecule has 1 saturated carbocycles. The van der Waals surface area contributed by atoms with E-state index in [2.05, 4.69) is 0 Å². The summed E-state index contributed by atoms with van der Waals surface area (Å²) in [6, 6.07) is 2.04. The summed E-state index contributed by atoms with van der Waals surface area (Å²) in [6.45, 7) is 0.757. The van der Waals surface area contributed by atoms with E-state index in [0.717, 1.165) is 12.8 Å². The number of carbonyl (C=O) groups excluding carboxylic acids is 1. The van der Waals surface area contributed by atoms with E-state index in [1.54, 1.807) is 6.07 Å². The van der Waals surface area contributed by atoms with Gasteiger partial charge in [0.1, 0.15) is 6.26 Å². The quantitative estimate of drug-likeness (QED) is 0.825. The van der Waals surface area contributed by atoms with Gasteiger partial charge in [-0.1, -0.05) is 0 Å². The lowest BCUT2D eigenvalue weighted by atomic mass is 9.91. The highest BCUT2D eigenvalue weighted by atomic mass is 16.3. The molecule has 0 unspecified atom stereocenters. The number of rotatable bonds is 5. The smallest absolute Gasteiger partial charge is 0.257 e. The van der Waals surface area contributed by atoms with Gasteiger partial charge in [0.25, 0.3) is 5.91 Å². The van der Waals surface area contributed by atoms with Crippen molar-refractivity contribution in [3.8, 4) is 0 Å². The Morgan fingerprint density at radius 1 is 1.56 bits per heavy atom. The molecule has 1 aliphatic rings. The van der Waals surface area contributed by atoms with Gasteiger partial charge in [-0.15, -0.1) is 0 Å². The Balaban J connectivity index is 2.02. The second kappa shape index (κ2) is 5.16. The Labute approximate surface area is 94.9 Å². The van der Waals surface area contributed by atoms with Crippen LogP contribution in [-0.2, 0) is 0 Å². The van der Waals surface area contributed by atoms with Crippen LogP contribution >= 0.6 is 0 Å². The van der Waals surface area contributed by atoms with Crippen LogP contribution in [0.4, 0.5) is 0 Å². The van der Waals surface area contributed by atoms with E-state index in [9.17, 15) is 4.79 Å². The molecule has 0 aliphatic heterocycles. The number of hydrogen-bond acceptors (Lipinski definition) is 3. The molecular formula is C12H17NO3. The van der Waals surface area contributed by atoms with Crippen molar-refractivity contribution in [2.24, 2.45) is 0 Å². The molecule has 16 heavy (non-hydrogen) atoms. The number of aliphatic hydroxyl groups is 1. The maximum Gasteiger partial charge on any atom is 0.257 e. The van der Waals surface area contributed by atoms with Gasteiger partial charge in [-0.2, -0.15) is 0 Å². The minimum atomic E-state index is 0.0203. The van der Waals surface area contributed by atoms with Crippen LogP contribution in [0.5, 0.6) is 0 Å². The number of aliphatic hydroxyl groups excluding tert-OH is 1. The van der Waals surface area contributed by atoms with E-state index in [1.807, 2.05) is 4.90 Å². The van der Waals surface area contributed by atoms with Crippen molar-refractivity contribution in [1.29, 1.82) is 0 Å². The molecule has 0 spiro atoms.